The van der Waals surface area contributed by atoms with Crippen molar-refractivity contribution in [3.8, 4) is 11.3 Å². The number of amides is 1. The van der Waals surface area contributed by atoms with Crippen molar-refractivity contribution < 1.29 is 9.18 Å². The van der Waals surface area contributed by atoms with E-state index in [2.05, 4.69) is 10.3 Å². The van der Waals surface area contributed by atoms with Crippen molar-refractivity contribution in [2.45, 2.75) is 25.8 Å². The van der Waals surface area contributed by atoms with Crippen LogP contribution < -0.4 is 10.9 Å². The van der Waals surface area contributed by atoms with Crippen LogP contribution in [0.2, 0.25) is 0 Å². The minimum Gasteiger partial charge on any atom is -0.354 e. The van der Waals surface area contributed by atoms with Crippen LogP contribution in [0.1, 0.15) is 19.3 Å². The largest absolute Gasteiger partial charge is 0.354 e. The molecule has 0 radical (unpaired) electrons. The lowest BCUT2D eigenvalue weighted by atomic mass is 9.85. The molecular weight excluding hydrogens is 297 g/mol. The lowest BCUT2D eigenvalue weighted by Crippen LogP contribution is -2.37. The van der Waals surface area contributed by atoms with E-state index < -0.39 is 0 Å². The average molecular weight is 315 g/mol. The van der Waals surface area contributed by atoms with Crippen LogP contribution >= 0.6 is 0 Å². The third-order valence-corrected chi connectivity index (χ3v) is 4.15. The summed E-state index contributed by atoms with van der Waals surface area (Å²) in [6, 6.07) is 7.25. The third-order valence-electron chi connectivity index (χ3n) is 4.15. The number of hydrogen-bond acceptors (Lipinski definition) is 3. The number of benzene rings is 1. The number of carbonyl (C=O) groups is 1. The Labute approximate surface area is 133 Å². The summed E-state index contributed by atoms with van der Waals surface area (Å²) in [5.41, 5.74) is 0.996. The zero-order valence-electron chi connectivity index (χ0n) is 12.7. The first-order chi connectivity index (χ1) is 11.1. The predicted molar refractivity (Wildman–Crippen MR) is 84.2 cm³/mol. The van der Waals surface area contributed by atoms with Gasteiger partial charge in [-0.1, -0.05) is 6.42 Å². The highest BCUT2D eigenvalue weighted by Crippen LogP contribution is 2.26. The van der Waals surface area contributed by atoms with Crippen LogP contribution in [0.5, 0.6) is 0 Å². The lowest BCUT2D eigenvalue weighted by molar-refractivity contribution is -0.127. The van der Waals surface area contributed by atoms with Gasteiger partial charge in [0.1, 0.15) is 5.82 Å². The molecule has 1 N–H and O–H groups in total. The second kappa shape index (κ2) is 6.73. The van der Waals surface area contributed by atoms with Gasteiger partial charge in [-0.3, -0.25) is 14.2 Å². The van der Waals surface area contributed by atoms with Crippen molar-refractivity contribution in [2.24, 2.45) is 5.92 Å². The molecule has 1 heterocycles. The van der Waals surface area contributed by atoms with Crippen LogP contribution in [0, 0.1) is 11.7 Å². The molecule has 23 heavy (non-hydrogen) atoms. The van der Waals surface area contributed by atoms with Crippen LogP contribution in [0.3, 0.4) is 0 Å². The fourth-order valence-corrected chi connectivity index (χ4v) is 2.49. The van der Waals surface area contributed by atoms with E-state index in [1.807, 2.05) is 0 Å². The number of halogens is 1. The van der Waals surface area contributed by atoms with Gasteiger partial charge in [0, 0.05) is 30.6 Å². The first-order valence-electron chi connectivity index (χ1n) is 7.73. The second-order valence-electron chi connectivity index (χ2n) is 5.73. The Morgan fingerprint density at radius 2 is 2.04 bits per heavy atom. The summed E-state index contributed by atoms with van der Waals surface area (Å²) >= 11 is 0. The van der Waals surface area contributed by atoms with Gasteiger partial charge < -0.3 is 5.32 Å². The summed E-state index contributed by atoms with van der Waals surface area (Å²) in [5.74, 6) is -0.116. The number of hydrogen-bond donors (Lipinski definition) is 1. The lowest BCUT2D eigenvalue weighted by Gasteiger charge is -2.24. The minimum atomic E-state index is -0.329. The zero-order chi connectivity index (χ0) is 16.2. The SMILES string of the molecule is O=C(NCCn1cnc(-c2ccc(F)cc2)cc1=O)C1CCC1. The van der Waals surface area contributed by atoms with E-state index in [0.717, 1.165) is 19.3 Å². The maximum atomic E-state index is 12.9. The number of aromatic nitrogens is 2. The molecule has 0 spiro atoms. The van der Waals surface area contributed by atoms with Crippen molar-refractivity contribution in [3.63, 3.8) is 0 Å². The van der Waals surface area contributed by atoms with Crippen molar-refractivity contribution in [3.05, 3.63) is 52.8 Å². The Hall–Kier alpha value is -2.50. The van der Waals surface area contributed by atoms with Crippen LogP contribution in [0.15, 0.2) is 41.5 Å². The molecule has 0 saturated heterocycles. The quantitative estimate of drug-likeness (QED) is 0.917. The highest BCUT2D eigenvalue weighted by molar-refractivity contribution is 5.79. The van der Waals surface area contributed by atoms with Gasteiger partial charge in [-0.25, -0.2) is 9.37 Å². The molecule has 1 aliphatic rings. The van der Waals surface area contributed by atoms with E-state index in [9.17, 15) is 14.0 Å². The minimum absolute atomic E-state index is 0.0696. The molecule has 2 aromatic rings. The molecule has 1 aromatic carbocycles. The van der Waals surface area contributed by atoms with Crippen molar-refractivity contribution in [1.82, 2.24) is 14.9 Å². The highest BCUT2D eigenvalue weighted by Gasteiger charge is 2.24. The Balaban J connectivity index is 1.61. The summed E-state index contributed by atoms with van der Waals surface area (Å²) in [4.78, 5) is 28.0. The molecule has 120 valence electrons. The van der Waals surface area contributed by atoms with E-state index in [1.54, 1.807) is 12.1 Å². The van der Waals surface area contributed by atoms with E-state index in [0.29, 0.717) is 24.3 Å². The summed E-state index contributed by atoms with van der Waals surface area (Å²) < 4.78 is 14.4. The van der Waals surface area contributed by atoms with Crippen LogP contribution in [-0.2, 0) is 11.3 Å². The maximum absolute atomic E-state index is 12.9. The Bertz CT molecular complexity index is 751. The summed E-state index contributed by atoms with van der Waals surface area (Å²) in [5, 5.41) is 2.84. The zero-order valence-corrected chi connectivity index (χ0v) is 12.7. The molecular formula is C17H18FN3O2. The van der Waals surface area contributed by atoms with Crippen molar-refractivity contribution in [2.75, 3.05) is 6.54 Å². The molecule has 1 fully saturated rings. The normalized spacial score (nSPS) is 14.3. The first-order valence-corrected chi connectivity index (χ1v) is 7.73. The van der Waals surface area contributed by atoms with Gasteiger partial charge in [0.2, 0.25) is 5.91 Å². The average Bonchev–Trinajstić information content (AvgIpc) is 2.48. The third kappa shape index (κ3) is 3.64. The fraction of sp³-hybridized carbons (Fsp3) is 0.353. The Kier molecular flexibility index (Phi) is 4.50. The van der Waals surface area contributed by atoms with Gasteiger partial charge in [0.25, 0.3) is 5.56 Å². The Morgan fingerprint density at radius 1 is 1.30 bits per heavy atom. The van der Waals surface area contributed by atoms with Gasteiger partial charge in [0.15, 0.2) is 0 Å². The molecule has 0 atom stereocenters. The predicted octanol–water partition coefficient (Wildman–Crippen LogP) is 1.97. The molecule has 0 aliphatic heterocycles. The summed E-state index contributed by atoms with van der Waals surface area (Å²) in [6.07, 6.45) is 4.49. The van der Waals surface area contributed by atoms with E-state index in [4.69, 9.17) is 0 Å². The smallest absolute Gasteiger partial charge is 0.253 e. The van der Waals surface area contributed by atoms with Gasteiger partial charge in [0.05, 0.1) is 12.0 Å². The molecule has 5 nitrogen and oxygen atoms in total. The van der Waals surface area contributed by atoms with E-state index >= 15 is 0 Å². The molecule has 0 bridgehead atoms. The molecule has 1 saturated carbocycles. The molecule has 1 aliphatic carbocycles. The van der Waals surface area contributed by atoms with Gasteiger partial charge >= 0.3 is 0 Å². The summed E-state index contributed by atoms with van der Waals surface area (Å²) in [6.45, 7) is 0.792. The Morgan fingerprint density at radius 3 is 2.65 bits per heavy atom. The maximum Gasteiger partial charge on any atom is 0.253 e. The van der Waals surface area contributed by atoms with Crippen molar-refractivity contribution in [1.29, 1.82) is 0 Å². The number of rotatable bonds is 5. The number of carbonyl (C=O) groups excluding carboxylic acids is 1. The molecule has 3 rings (SSSR count). The van der Waals surface area contributed by atoms with Crippen LogP contribution in [0.25, 0.3) is 11.3 Å². The van der Waals surface area contributed by atoms with Crippen LogP contribution in [0.4, 0.5) is 4.39 Å². The number of nitrogens with one attached hydrogen (secondary N) is 1. The molecule has 1 aromatic heterocycles. The fourth-order valence-electron chi connectivity index (χ4n) is 2.49. The monoisotopic (exact) mass is 315 g/mol. The van der Waals surface area contributed by atoms with Crippen LogP contribution in [-0.4, -0.2) is 22.0 Å². The highest BCUT2D eigenvalue weighted by atomic mass is 19.1. The van der Waals surface area contributed by atoms with E-state index in [-0.39, 0.29) is 23.2 Å². The first kappa shape index (κ1) is 15.4. The van der Waals surface area contributed by atoms with Gasteiger partial charge in [-0.15, -0.1) is 0 Å². The second-order valence-corrected chi connectivity index (χ2v) is 5.73. The van der Waals surface area contributed by atoms with Gasteiger partial charge in [-0.2, -0.15) is 0 Å². The van der Waals surface area contributed by atoms with Crippen molar-refractivity contribution >= 4 is 5.91 Å². The molecule has 0 unspecified atom stereocenters. The molecule has 1 amide bonds. The van der Waals surface area contributed by atoms with E-state index in [1.165, 1.54) is 29.1 Å². The standard InChI is InChI=1S/C17H18FN3O2/c18-14-6-4-12(5-7-14)15-10-16(22)21(11-20-15)9-8-19-17(23)13-2-1-3-13/h4-7,10-11,13H,1-3,8-9H2,(H,19,23). The van der Waals surface area contributed by atoms with Gasteiger partial charge in [-0.05, 0) is 37.1 Å². The summed E-state index contributed by atoms with van der Waals surface area (Å²) in [7, 11) is 0. The number of nitrogens with zero attached hydrogens (tertiary/aromatic N) is 2. The molecule has 6 heteroatoms. The topological polar surface area (TPSA) is 64.0 Å².